The van der Waals surface area contributed by atoms with Crippen LogP contribution in [0.4, 0.5) is 0 Å². The van der Waals surface area contributed by atoms with E-state index >= 15 is 0 Å². The second-order valence-electron chi connectivity index (χ2n) is 6.67. The lowest BCUT2D eigenvalue weighted by molar-refractivity contribution is -0.135. The number of hydrogen-bond acceptors (Lipinski definition) is 6. The number of aliphatic hydroxyl groups is 1. The van der Waals surface area contributed by atoms with Crippen molar-refractivity contribution in [1.29, 1.82) is 0 Å². The Morgan fingerprint density at radius 1 is 1.35 bits per heavy atom. The van der Waals surface area contributed by atoms with Gasteiger partial charge in [-0.2, -0.15) is 0 Å². The summed E-state index contributed by atoms with van der Waals surface area (Å²) in [7, 11) is 0. The molecule has 1 aromatic rings. The van der Waals surface area contributed by atoms with Gasteiger partial charge in [0.2, 0.25) is 5.91 Å². The van der Waals surface area contributed by atoms with Crippen molar-refractivity contribution < 1.29 is 14.6 Å². The molecule has 0 spiro atoms. The Bertz CT molecular complexity index is 622. The Kier molecular flexibility index (Phi) is 7.26. The van der Waals surface area contributed by atoms with Gasteiger partial charge in [0.15, 0.2) is 0 Å². The first-order valence-corrected chi connectivity index (χ1v) is 11.5. The first-order chi connectivity index (χ1) is 12.6. The molecule has 7 heteroatoms. The van der Waals surface area contributed by atoms with Crippen molar-refractivity contribution in [2.75, 3.05) is 18.1 Å². The maximum atomic E-state index is 13.0. The molecule has 0 radical (unpaired) electrons. The smallest absolute Gasteiger partial charge is 0.266 e. The summed E-state index contributed by atoms with van der Waals surface area (Å²) in [5.74, 6) is 1.73. The SMILES string of the molecule is C[C@H](C(=O)N1C(=S)OC[C@@H]1c1ccccc1)[C@H](O)CCC1SCCCS1. The van der Waals surface area contributed by atoms with Gasteiger partial charge in [-0.1, -0.05) is 37.3 Å². The topological polar surface area (TPSA) is 49.8 Å². The number of benzene rings is 1. The summed E-state index contributed by atoms with van der Waals surface area (Å²) in [6.07, 6.45) is 2.16. The quantitative estimate of drug-likeness (QED) is 0.718. The first kappa shape index (κ1) is 20.0. The van der Waals surface area contributed by atoms with Crippen LogP contribution in [-0.2, 0) is 9.53 Å². The van der Waals surface area contributed by atoms with E-state index in [-0.39, 0.29) is 17.1 Å². The Labute approximate surface area is 169 Å². The number of rotatable bonds is 6. The average molecular weight is 412 g/mol. The van der Waals surface area contributed by atoms with E-state index in [2.05, 4.69) is 0 Å². The van der Waals surface area contributed by atoms with Crippen LogP contribution in [0.15, 0.2) is 30.3 Å². The number of nitrogens with zero attached hydrogens (tertiary/aromatic N) is 1. The minimum absolute atomic E-state index is 0.155. The van der Waals surface area contributed by atoms with Gasteiger partial charge in [0.1, 0.15) is 6.61 Å². The highest BCUT2D eigenvalue weighted by Crippen LogP contribution is 2.35. The fourth-order valence-electron chi connectivity index (χ4n) is 3.23. The molecule has 3 rings (SSSR count). The zero-order chi connectivity index (χ0) is 18.5. The molecule has 2 saturated heterocycles. The van der Waals surface area contributed by atoms with Gasteiger partial charge in [-0.3, -0.25) is 9.69 Å². The molecule has 1 N–H and O–H groups in total. The van der Waals surface area contributed by atoms with Crippen LogP contribution in [0.25, 0.3) is 0 Å². The van der Waals surface area contributed by atoms with Gasteiger partial charge in [0, 0.05) is 0 Å². The lowest BCUT2D eigenvalue weighted by atomic mass is 9.97. The molecule has 3 atom stereocenters. The van der Waals surface area contributed by atoms with E-state index in [1.54, 1.807) is 11.8 Å². The zero-order valence-corrected chi connectivity index (χ0v) is 17.3. The maximum Gasteiger partial charge on any atom is 0.266 e. The van der Waals surface area contributed by atoms with Crippen LogP contribution in [0.2, 0.25) is 0 Å². The fourth-order valence-corrected chi connectivity index (χ4v) is 6.41. The average Bonchev–Trinajstić information content (AvgIpc) is 3.08. The largest absolute Gasteiger partial charge is 0.468 e. The molecular weight excluding hydrogens is 386 g/mol. The summed E-state index contributed by atoms with van der Waals surface area (Å²) in [6.45, 7) is 2.16. The molecule has 0 bridgehead atoms. The van der Waals surface area contributed by atoms with E-state index in [1.807, 2.05) is 53.9 Å². The summed E-state index contributed by atoms with van der Waals surface area (Å²) in [6, 6.07) is 9.56. The van der Waals surface area contributed by atoms with Gasteiger partial charge in [0.25, 0.3) is 5.17 Å². The molecular formula is C19H25NO3S3. The van der Waals surface area contributed by atoms with E-state index in [0.29, 0.717) is 17.6 Å². The van der Waals surface area contributed by atoms with Crippen molar-refractivity contribution in [1.82, 2.24) is 4.90 Å². The highest BCUT2D eigenvalue weighted by molar-refractivity contribution is 8.17. The number of hydrogen-bond donors (Lipinski definition) is 1. The summed E-state index contributed by atoms with van der Waals surface area (Å²) in [5.41, 5.74) is 0.998. The van der Waals surface area contributed by atoms with Crippen LogP contribution in [-0.4, -0.2) is 49.9 Å². The number of thiocarbonyl (C=S) groups is 1. The lowest BCUT2D eigenvalue weighted by Gasteiger charge is -2.28. The van der Waals surface area contributed by atoms with Crippen LogP contribution in [0.1, 0.15) is 37.8 Å². The normalized spacial score (nSPS) is 23.5. The molecule has 2 aliphatic heterocycles. The predicted molar refractivity (Wildman–Crippen MR) is 112 cm³/mol. The minimum Gasteiger partial charge on any atom is -0.468 e. The number of aliphatic hydroxyl groups excluding tert-OH is 1. The molecule has 4 nitrogen and oxygen atoms in total. The third kappa shape index (κ3) is 4.74. The van der Waals surface area contributed by atoms with Crippen LogP contribution in [0.5, 0.6) is 0 Å². The summed E-state index contributed by atoms with van der Waals surface area (Å²) in [4.78, 5) is 14.6. The van der Waals surface area contributed by atoms with Gasteiger partial charge in [-0.05, 0) is 48.5 Å². The van der Waals surface area contributed by atoms with Crippen LogP contribution in [0, 0.1) is 5.92 Å². The molecule has 2 heterocycles. The van der Waals surface area contributed by atoms with Gasteiger partial charge in [-0.15, -0.1) is 23.5 Å². The Morgan fingerprint density at radius 3 is 2.73 bits per heavy atom. The van der Waals surface area contributed by atoms with E-state index in [9.17, 15) is 9.90 Å². The Balaban J connectivity index is 1.61. The van der Waals surface area contributed by atoms with Crippen LogP contribution in [0.3, 0.4) is 0 Å². The summed E-state index contributed by atoms with van der Waals surface area (Å²) >= 11 is 9.19. The predicted octanol–water partition coefficient (Wildman–Crippen LogP) is 3.84. The van der Waals surface area contributed by atoms with Gasteiger partial charge in [0.05, 0.1) is 22.6 Å². The van der Waals surface area contributed by atoms with Gasteiger partial charge >= 0.3 is 0 Å². The third-order valence-electron chi connectivity index (χ3n) is 4.86. The summed E-state index contributed by atoms with van der Waals surface area (Å²) in [5, 5.41) is 10.8. The first-order valence-electron chi connectivity index (χ1n) is 9.04. The molecule has 142 valence electrons. The van der Waals surface area contributed by atoms with E-state index in [1.165, 1.54) is 17.9 Å². The molecule has 0 saturated carbocycles. The van der Waals surface area contributed by atoms with Gasteiger partial charge in [-0.25, -0.2) is 0 Å². The molecule has 2 fully saturated rings. The molecule has 2 aliphatic rings. The molecule has 1 amide bonds. The number of ether oxygens (including phenoxy) is 1. The Morgan fingerprint density at radius 2 is 2.04 bits per heavy atom. The van der Waals surface area contributed by atoms with Crippen molar-refractivity contribution in [2.24, 2.45) is 5.92 Å². The minimum atomic E-state index is -0.662. The van der Waals surface area contributed by atoms with E-state index in [4.69, 9.17) is 17.0 Å². The molecule has 0 aliphatic carbocycles. The number of amides is 1. The fraction of sp³-hybridized carbons (Fsp3) is 0.579. The van der Waals surface area contributed by atoms with Gasteiger partial charge < -0.3 is 9.84 Å². The molecule has 26 heavy (non-hydrogen) atoms. The van der Waals surface area contributed by atoms with Crippen molar-refractivity contribution in [3.8, 4) is 0 Å². The van der Waals surface area contributed by atoms with Crippen molar-refractivity contribution >= 4 is 46.8 Å². The highest BCUT2D eigenvalue weighted by atomic mass is 32.2. The van der Waals surface area contributed by atoms with E-state index in [0.717, 1.165) is 12.0 Å². The standard InChI is InChI=1S/C19H25NO3S3/c1-13(16(21)8-9-17-25-10-5-11-26-17)18(22)20-15(12-23-19(20)24)14-6-3-2-4-7-14/h2-4,6-7,13,15-17,21H,5,8-12H2,1H3/t13-,15+,16+/m0/s1. The molecule has 0 unspecified atom stereocenters. The number of thioether (sulfide) groups is 2. The lowest BCUT2D eigenvalue weighted by Crippen LogP contribution is -2.41. The van der Waals surface area contributed by atoms with Crippen molar-refractivity contribution in [2.45, 2.75) is 42.9 Å². The zero-order valence-electron chi connectivity index (χ0n) is 14.9. The number of carbonyl (C=O) groups is 1. The third-order valence-corrected chi connectivity index (χ3v) is 8.25. The molecule has 0 aromatic heterocycles. The monoisotopic (exact) mass is 411 g/mol. The second-order valence-corrected chi connectivity index (χ2v) is 9.94. The highest BCUT2D eigenvalue weighted by Gasteiger charge is 2.39. The maximum absolute atomic E-state index is 13.0. The molecule has 1 aromatic carbocycles. The van der Waals surface area contributed by atoms with E-state index < -0.39 is 12.0 Å². The number of carbonyl (C=O) groups excluding carboxylic acids is 1. The summed E-state index contributed by atoms with van der Waals surface area (Å²) < 4.78 is 6.02. The van der Waals surface area contributed by atoms with Crippen molar-refractivity contribution in [3.63, 3.8) is 0 Å². The second kappa shape index (κ2) is 9.44. The van der Waals surface area contributed by atoms with Crippen LogP contribution >= 0.6 is 35.7 Å². The van der Waals surface area contributed by atoms with Crippen molar-refractivity contribution in [3.05, 3.63) is 35.9 Å². The Hall–Kier alpha value is -0.760. The van der Waals surface area contributed by atoms with Crippen LogP contribution < -0.4 is 0 Å².